The van der Waals surface area contributed by atoms with E-state index >= 15 is 0 Å². The van der Waals surface area contributed by atoms with Gasteiger partial charge in [0, 0.05) is 30.1 Å². The van der Waals surface area contributed by atoms with Crippen molar-refractivity contribution in [1.82, 2.24) is 15.3 Å². The second-order valence-corrected chi connectivity index (χ2v) is 10.0. The summed E-state index contributed by atoms with van der Waals surface area (Å²) in [5.41, 5.74) is 3.55. The van der Waals surface area contributed by atoms with Gasteiger partial charge in [0.15, 0.2) is 0 Å². The fourth-order valence-corrected chi connectivity index (χ4v) is 5.61. The minimum absolute atomic E-state index is 0.125. The van der Waals surface area contributed by atoms with E-state index in [-0.39, 0.29) is 12.4 Å². The monoisotopic (exact) mass is 533 g/mol. The summed E-state index contributed by atoms with van der Waals surface area (Å²) < 4.78 is 6.73. The van der Waals surface area contributed by atoms with Gasteiger partial charge in [-0.15, -0.1) is 23.1 Å². The highest BCUT2D eigenvalue weighted by molar-refractivity contribution is 8.00. The van der Waals surface area contributed by atoms with Gasteiger partial charge in [-0.05, 0) is 55.1 Å². The lowest BCUT2D eigenvalue weighted by molar-refractivity contribution is 0.282. The van der Waals surface area contributed by atoms with Crippen LogP contribution in [0.3, 0.4) is 0 Å². The summed E-state index contributed by atoms with van der Waals surface area (Å²) in [6.45, 7) is 2.04. The van der Waals surface area contributed by atoms with E-state index in [1.165, 1.54) is 23.1 Å². The lowest BCUT2D eigenvalue weighted by atomic mass is 10.0. The normalized spacial score (nSPS) is 10.7. The van der Waals surface area contributed by atoms with Crippen LogP contribution in [0.2, 0.25) is 0 Å². The minimum Gasteiger partial charge on any atom is -0.508 e. The Morgan fingerprint density at radius 1 is 1.14 bits per heavy atom. The van der Waals surface area contributed by atoms with Gasteiger partial charge < -0.3 is 25.6 Å². The van der Waals surface area contributed by atoms with Crippen LogP contribution in [0.4, 0.5) is 11.6 Å². The Bertz CT molecular complexity index is 1390. The fraction of sp³-hybridized carbons (Fsp3) is 0.222. The van der Waals surface area contributed by atoms with Gasteiger partial charge in [-0.1, -0.05) is 18.2 Å². The number of hydrogen-bond donors (Lipinski definition) is 4. The number of aliphatic hydroxyl groups is 1. The van der Waals surface area contributed by atoms with Gasteiger partial charge in [-0.25, -0.2) is 9.97 Å². The third-order valence-electron chi connectivity index (χ3n) is 5.34. The number of thioether (sulfide) groups is 1. The van der Waals surface area contributed by atoms with E-state index in [0.717, 1.165) is 44.6 Å². The first kappa shape index (κ1) is 26.4. The predicted molar refractivity (Wildman–Crippen MR) is 149 cm³/mol. The molecule has 0 spiro atoms. The number of nitriles is 1. The lowest BCUT2D eigenvalue weighted by Crippen LogP contribution is -2.20. The maximum absolute atomic E-state index is 10.1. The fourth-order valence-electron chi connectivity index (χ4n) is 3.70. The van der Waals surface area contributed by atoms with Crippen molar-refractivity contribution in [2.45, 2.75) is 10.6 Å². The first-order valence-electron chi connectivity index (χ1n) is 11.7. The molecule has 0 unspecified atom stereocenters. The Kier molecular flexibility index (Phi) is 9.35. The average Bonchev–Trinajstić information content (AvgIpc) is 3.30. The molecule has 0 fully saturated rings. The van der Waals surface area contributed by atoms with Crippen molar-refractivity contribution < 1.29 is 14.9 Å². The zero-order valence-corrected chi connectivity index (χ0v) is 21.9. The third-order valence-corrected chi connectivity index (χ3v) is 7.67. The topological polar surface area (TPSA) is 123 Å². The van der Waals surface area contributed by atoms with Gasteiger partial charge in [0.1, 0.15) is 17.6 Å². The van der Waals surface area contributed by atoms with E-state index in [2.05, 4.69) is 21.7 Å². The smallest absolute Gasteiger partial charge is 0.227 e. The van der Waals surface area contributed by atoms with Crippen LogP contribution in [0.25, 0.3) is 21.7 Å². The Morgan fingerprint density at radius 2 is 2.00 bits per heavy atom. The third kappa shape index (κ3) is 6.78. The van der Waals surface area contributed by atoms with Gasteiger partial charge in [-0.2, -0.15) is 5.26 Å². The van der Waals surface area contributed by atoms with Crippen molar-refractivity contribution in [2.24, 2.45) is 0 Å². The van der Waals surface area contributed by atoms with E-state index in [0.29, 0.717) is 30.4 Å². The summed E-state index contributed by atoms with van der Waals surface area (Å²) in [5, 5.41) is 35.2. The first-order valence-corrected chi connectivity index (χ1v) is 13.7. The standard InChI is InChI=1S/C27H27N5O3S2/c1-36-26-22(17-28)24(18-5-2-7-20(34)15-18)25(37-26)23-9-11-30-27(32-23)31-19-6-3-8-21(16-19)35-14-4-10-29-12-13-33/h2-3,5-9,11,15-16,29,33-34H,4,10,12-14H2,1H3,(H,30,31,32). The number of phenolic OH excluding ortho intramolecular Hbond substituents is 1. The molecule has 4 rings (SSSR count). The molecule has 0 saturated heterocycles. The zero-order valence-electron chi connectivity index (χ0n) is 20.3. The largest absolute Gasteiger partial charge is 0.508 e. The number of nitrogens with one attached hydrogen (secondary N) is 2. The second kappa shape index (κ2) is 13.1. The van der Waals surface area contributed by atoms with E-state index in [9.17, 15) is 10.4 Å². The van der Waals surface area contributed by atoms with Crippen LogP contribution in [-0.2, 0) is 0 Å². The summed E-state index contributed by atoms with van der Waals surface area (Å²) in [4.78, 5) is 9.96. The zero-order chi connectivity index (χ0) is 26.0. The maximum Gasteiger partial charge on any atom is 0.227 e. The molecule has 0 radical (unpaired) electrons. The van der Waals surface area contributed by atoms with Crippen molar-refractivity contribution in [1.29, 1.82) is 5.26 Å². The quantitative estimate of drug-likeness (QED) is 0.142. The van der Waals surface area contributed by atoms with Gasteiger partial charge in [0.25, 0.3) is 0 Å². The molecule has 0 aliphatic rings. The van der Waals surface area contributed by atoms with E-state index < -0.39 is 0 Å². The van der Waals surface area contributed by atoms with Crippen LogP contribution in [0.1, 0.15) is 12.0 Å². The summed E-state index contributed by atoms with van der Waals surface area (Å²) >= 11 is 3.01. The summed E-state index contributed by atoms with van der Waals surface area (Å²) in [6, 6.07) is 18.7. The highest BCUT2D eigenvalue weighted by Gasteiger charge is 2.22. The number of hydrogen-bond acceptors (Lipinski definition) is 10. The molecule has 0 saturated carbocycles. The number of ether oxygens (including phenoxy) is 1. The van der Waals surface area contributed by atoms with Crippen molar-refractivity contribution >= 4 is 34.7 Å². The lowest BCUT2D eigenvalue weighted by Gasteiger charge is -2.10. The van der Waals surface area contributed by atoms with Crippen molar-refractivity contribution in [3.8, 4) is 39.3 Å². The Morgan fingerprint density at radius 3 is 2.78 bits per heavy atom. The Hall–Kier alpha value is -3.62. The average molecular weight is 534 g/mol. The molecule has 0 aliphatic heterocycles. The number of thiophene rings is 1. The molecule has 4 N–H and O–H groups in total. The van der Waals surface area contributed by atoms with Gasteiger partial charge in [-0.3, -0.25) is 0 Å². The Balaban J connectivity index is 1.56. The van der Waals surface area contributed by atoms with Crippen LogP contribution < -0.4 is 15.4 Å². The number of rotatable bonds is 12. The molecule has 2 heterocycles. The predicted octanol–water partition coefficient (Wildman–Crippen LogP) is 5.27. The SMILES string of the molecule is CSc1sc(-c2ccnc(Nc3cccc(OCCCNCCO)c3)n2)c(-c2cccc(O)c2)c1C#N. The number of aliphatic hydroxyl groups excluding tert-OH is 1. The molecule has 190 valence electrons. The molecule has 0 aliphatic carbocycles. The number of nitrogens with zero attached hydrogens (tertiary/aromatic N) is 3. The number of aromatic hydroxyl groups is 1. The molecule has 8 nitrogen and oxygen atoms in total. The van der Waals surface area contributed by atoms with Crippen molar-refractivity contribution in [3.63, 3.8) is 0 Å². The molecule has 2 aromatic heterocycles. The van der Waals surface area contributed by atoms with Gasteiger partial charge in [0.05, 0.1) is 33.6 Å². The number of benzene rings is 2. The van der Waals surface area contributed by atoms with Gasteiger partial charge in [0.2, 0.25) is 5.95 Å². The summed E-state index contributed by atoms with van der Waals surface area (Å²) in [5.74, 6) is 1.29. The number of phenols is 1. The van der Waals surface area contributed by atoms with Crippen molar-refractivity contribution in [3.05, 3.63) is 66.4 Å². The molecule has 2 aromatic carbocycles. The first-order chi connectivity index (χ1) is 18.1. The van der Waals surface area contributed by atoms with E-state index in [1.807, 2.05) is 42.7 Å². The van der Waals surface area contributed by atoms with Crippen LogP contribution >= 0.6 is 23.1 Å². The molecule has 4 aromatic rings. The van der Waals surface area contributed by atoms with Gasteiger partial charge >= 0.3 is 0 Å². The second-order valence-electron chi connectivity index (χ2n) is 7.93. The highest BCUT2D eigenvalue weighted by Crippen LogP contribution is 2.46. The molecule has 10 heteroatoms. The molecular weight excluding hydrogens is 506 g/mol. The van der Waals surface area contributed by atoms with Crippen LogP contribution in [0.5, 0.6) is 11.5 Å². The number of anilines is 2. The summed E-state index contributed by atoms with van der Waals surface area (Å²) in [7, 11) is 0. The molecule has 37 heavy (non-hydrogen) atoms. The van der Waals surface area contributed by atoms with Crippen LogP contribution in [0, 0.1) is 11.3 Å². The molecule has 0 atom stereocenters. The van der Waals surface area contributed by atoms with Crippen LogP contribution in [0.15, 0.2) is 65.0 Å². The highest BCUT2D eigenvalue weighted by atomic mass is 32.2. The van der Waals surface area contributed by atoms with Crippen LogP contribution in [-0.4, -0.2) is 52.7 Å². The minimum atomic E-state index is 0.125. The van der Waals surface area contributed by atoms with E-state index in [4.69, 9.17) is 14.8 Å². The molecular formula is C27H27N5O3S2. The maximum atomic E-state index is 10.1. The number of aromatic nitrogens is 2. The summed E-state index contributed by atoms with van der Waals surface area (Å²) in [6.07, 6.45) is 4.45. The molecule has 0 bridgehead atoms. The van der Waals surface area contributed by atoms with E-state index in [1.54, 1.807) is 24.4 Å². The molecule has 0 amide bonds. The van der Waals surface area contributed by atoms with Crippen molar-refractivity contribution in [2.75, 3.05) is 37.9 Å². The Labute approximate surface area is 224 Å².